The van der Waals surface area contributed by atoms with Crippen LogP contribution in [-0.4, -0.2) is 47.2 Å². The summed E-state index contributed by atoms with van der Waals surface area (Å²) in [4.78, 5) is 0.300. The lowest BCUT2D eigenvalue weighted by atomic mass is 10.1. The molecular formula is C20H31N2O4PS3. The molecule has 0 aliphatic carbocycles. The van der Waals surface area contributed by atoms with Gasteiger partial charge in [-0.25, -0.2) is 13.1 Å². The van der Waals surface area contributed by atoms with Crippen molar-refractivity contribution in [2.24, 2.45) is 0 Å². The molecule has 0 bridgehead atoms. The van der Waals surface area contributed by atoms with E-state index in [4.69, 9.17) is 14.3 Å². The topological polar surface area (TPSA) is 79.6 Å². The Bertz CT molecular complexity index is 820. The predicted octanol–water partition coefficient (Wildman–Crippen LogP) is 5.62. The van der Waals surface area contributed by atoms with Crippen LogP contribution in [0, 0.1) is 11.3 Å². The van der Waals surface area contributed by atoms with E-state index in [1.54, 1.807) is 30.3 Å². The van der Waals surface area contributed by atoms with Gasteiger partial charge in [-0.05, 0) is 53.7 Å². The van der Waals surface area contributed by atoms with Crippen LogP contribution in [0.4, 0.5) is 0 Å². The van der Waals surface area contributed by atoms with Gasteiger partial charge in [-0.1, -0.05) is 39.8 Å². The number of nitrogens with zero attached hydrogens (tertiary/aromatic N) is 2. The summed E-state index contributed by atoms with van der Waals surface area (Å²) in [6.45, 7) is 12.5. The summed E-state index contributed by atoms with van der Waals surface area (Å²) in [5.74, 6) is 0. The third-order valence-corrected chi connectivity index (χ3v) is 13.2. The van der Waals surface area contributed by atoms with E-state index in [0.29, 0.717) is 4.90 Å². The van der Waals surface area contributed by atoms with Crippen molar-refractivity contribution in [3.05, 3.63) is 30.3 Å². The second-order valence-corrected chi connectivity index (χ2v) is 14.9. The van der Waals surface area contributed by atoms with Crippen molar-refractivity contribution >= 4 is 40.0 Å². The lowest BCUT2D eigenvalue weighted by molar-refractivity contribution is 0.124. The Hall–Kier alpha value is -0.330. The molecule has 1 aromatic carbocycles. The molecule has 10 heteroatoms. The lowest BCUT2D eigenvalue weighted by Crippen LogP contribution is -2.43. The predicted molar refractivity (Wildman–Crippen MR) is 127 cm³/mol. The molecule has 3 atom stereocenters. The van der Waals surface area contributed by atoms with E-state index in [2.05, 4.69) is 38.4 Å². The van der Waals surface area contributed by atoms with Gasteiger partial charge in [-0.15, -0.1) is 0 Å². The van der Waals surface area contributed by atoms with Gasteiger partial charge in [0.05, 0.1) is 24.0 Å². The molecular weight excluding hydrogens is 459 g/mol. The molecule has 30 heavy (non-hydrogen) atoms. The minimum atomic E-state index is -3.59. The van der Waals surface area contributed by atoms with Crippen LogP contribution in [-0.2, 0) is 18.9 Å². The SMILES string of the molecule is CC(C)N(C(C)C)P(OCCC#N)OC1C(S(=O)(=O)c2ccccc2)SSC1(C)C. The van der Waals surface area contributed by atoms with Crippen LogP contribution >= 0.6 is 30.1 Å². The number of hydrogen-bond acceptors (Lipinski definition) is 8. The number of hydrogen-bond donors (Lipinski definition) is 0. The van der Waals surface area contributed by atoms with Gasteiger partial charge in [-0.3, -0.25) is 0 Å². The number of rotatable bonds is 10. The van der Waals surface area contributed by atoms with Crippen LogP contribution in [0.1, 0.15) is 48.0 Å². The van der Waals surface area contributed by atoms with Crippen molar-refractivity contribution in [1.29, 1.82) is 5.26 Å². The first-order chi connectivity index (χ1) is 14.0. The zero-order chi connectivity index (χ0) is 22.5. The van der Waals surface area contributed by atoms with Gasteiger partial charge in [-0.2, -0.15) is 5.26 Å². The van der Waals surface area contributed by atoms with E-state index in [-0.39, 0.29) is 25.1 Å². The molecule has 0 N–H and O–H groups in total. The summed E-state index contributed by atoms with van der Waals surface area (Å²) >= 11 is 0. The molecule has 1 heterocycles. The van der Waals surface area contributed by atoms with Crippen LogP contribution in [0.5, 0.6) is 0 Å². The second kappa shape index (κ2) is 11.0. The average Bonchev–Trinajstić information content (AvgIpc) is 2.97. The van der Waals surface area contributed by atoms with E-state index in [0.717, 1.165) is 0 Å². The van der Waals surface area contributed by atoms with E-state index in [9.17, 15) is 8.42 Å². The van der Waals surface area contributed by atoms with E-state index < -0.39 is 33.8 Å². The maximum Gasteiger partial charge on any atom is 0.259 e. The Kier molecular flexibility index (Phi) is 9.51. The fourth-order valence-corrected chi connectivity index (χ4v) is 11.7. The largest absolute Gasteiger partial charge is 0.321 e. The molecule has 6 nitrogen and oxygen atoms in total. The van der Waals surface area contributed by atoms with Crippen molar-refractivity contribution in [1.82, 2.24) is 4.67 Å². The highest BCUT2D eigenvalue weighted by Crippen LogP contribution is 2.59. The summed E-state index contributed by atoms with van der Waals surface area (Å²) in [5.41, 5.74) is 0. The molecule has 1 fully saturated rings. The molecule has 0 aromatic heterocycles. The van der Waals surface area contributed by atoms with Crippen molar-refractivity contribution in [3.8, 4) is 6.07 Å². The highest BCUT2D eigenvalue weighted by atomic mass is 33.1. The van der Waals surface area contributed by atoms with Crippen LogP contribution < -0.4 is 0 Å². The first-order valence-corrected chi connectivity index (χ1v) is 14.8. The standard InChI is InChI=1S/C20H31N2O4PS3/c1-15(2)22(16(3)4)27(25-14-10-13-21)26-18-19(28-29-20(18,5)6)30(23,24)17-11-8-7-9-12-17/h7-9,11-12,15-16,18-19H,10,14H2,1-6H3. The Morgan fingerprint density at radius 1 is 1.20 bits per heavy atom. The van der Waals surface area contributed by atoms with E-state index in [1.807, 2.05) is 13.8 Å². The van der Waals surface area contributed by atoms with Gasteiger partial charge in [0.15, 0.2) is 9.84 Å². The van der Waals surface area contributed by atoms with Gasteiger partial charge in [0.25, 0.3) is 8.53 Å². The summed E-state index contributed by atoms with van der Waals surface area (Å²) in [6.07, 6.45) is -0.305. The molecule has 1 aromatic rings. The molecule has 1 saturated heterocycles. The summed E-state index contributed by atoms with van der Waals surface area (Å²) in [7, 11) is -2.25. The minimum Gasteiger partial charge on any atom is -0.321 e. The molecule has 3 unspecified atom stereocenters. The normalized spacial score (nSPS) is 22.5. The van der Waals surface area contributed by atoms with E-state index >= 15 is 0 Å². The second-order valence-electron chi connectivity index (χ2n) is 8.08. The van der Waals surface area contributed by atoms with Crippen molar-refractivity contribution in [3.63, 3.8) is 0 Å². The average molecular weight is 491 g/mol. The highest BCUT2D eigenvalue weighted by Gasteiger charge is 2.53. The Morgan fingerprint density at radius 3 is 2.33 bits per heavy atom. The van der Waals surface area contributed by atoms with Crippen LogP contribution in [0.25, 0.3) is 0 Å². The number of sulfone groups is 1. The summed E-state index contributed by atoms with van der Waals surface area (Å²) < 4.78 is 40.3. The van der Waals surface area contributed by atoms with Gasteiger partial charge >= 0.3 is 0 Å². The first-order valence-electron chi connectivity index (χ1n) is 9.90. The molecule has 2 rings (SSSR count). The van der Waals surface area contributed by atoms with Crippen LogP contribution in [0.2, 0.25) is 0 Å². The van der Waals surface area contributed by atoms with Crippen LogP contribution in [0.3, 0.4) is 0 Å². The number of nitriles is 1. The number of benzene rings is 1. The first kappa shape index (κ1) is 25.9. The quantitative estimate of drug-likeness (QED) is 0.237. The van der Waals surface area contributed by atoms with Gasteiger partial charge in [0, 0.05) is 16.8 Å². The summed E-state index contributed by atoms with van der Waals surface area (Å²) in [5, 5.41) is 8.92. The molecule has 168 valence electrons. The van der Waals surface area contributed by atoms with E-state index in [1.165, 1.54) is 21.6 Å². The maximum atomic E-state index is 13.4. The highest BCUT2D eigenvalue weighted by molar-refractivity contribution is 8.79. The van der Waals surface area contributed by atoms with Gasteiger partial charge in [0.1, 0.15) is 10.7 Å². The summed E-state index contributed by atoms with van der Waals surface area (Å²) in [6, 6.07) is 10.9. The van der Waals surface area contributed by atoms with Crippen molar-refractivity contribution < 1.29 is 17.5 Å². The Labute approximate surface area is 190 Å². The Morgan fingerprint density at radius 2 is 1.80 bits per heavy atom. The van der Waals surface area contributed by atoms with Crippen molar-refractivity contribution in [2.45, 2.75) is 80.4 Å². The minimum absolute atomic E-state index is 0.146. The maximum absolute atomic E-state index is 13.4. The van der Waals surface area contributed by atoms with Gasteiger partial charge < -0.3 is 9.05 Å². The smallest absolute Gasteiger partial charge is 0.259 e. The fourth-order valence-electron chi connectivity index (χ4n) is 3.12. The molecule has 0 radical (unpaired) electrons. The molecule has 0 amide bonds. The molecule has 1 aliphatic rings. The third-order valence-electron chi connectivity index (χ3n) is 4.53. The fraction of sp³-hybridized carbons (Fsp3) is 0.650. The molecule has 0 saturated carbocycles. The van der Waals surface area contributed by atoms with Crippen molar-refractivity contribution in [2.75, 3.05) is 6.61 Å². The molecule has 1 aliphatic heterocycles. The molecule has 0 spiro atoms. The van der Waals surface area contributed by atoms with Gasteiger partial charge in [0.2, 0.25) is 0 Å². The Balaban J connectivity index is 2.37. The monoisotopic (exact) mass is 490 g/mol. The zero-order valence-electron chi connectivity index (χ0n) is 18.3. The zero-order valence-corrected chi connectivity index (χ0v) is 21.7. The van der Waals surface area contributed by atoms with Crippen LogP contribution in [0.15, 0.2) is 35.2 Å². The lowest BCUT2D eigenvalue weighted by Gasteiger charge is -2.39. The third kappa shape index (κ3) is 6.13.